The van der Waals surface area contributed by atoms with Gasteiger partial charge in [0.2, 0.25) is 0 Å². The van der Waals surface area contributed by atoms with Gasteiger partial charge in [0.25, 0.3) is 0 Å². The summed E-state index contributed by atoms with van der Waals surface area (Å²) in [5.41, 5.74) is 1.82. The van der Waals surface area contributed by atoms with Gasteiger partial charge in [0.05, 0.1) is 21.6 Å². The van der Waals surface area contributed by atoms with Gasteiger partial charge in [0, 0.05) is 36.8 Å². The van der Waals surface area contributed by atoms with Crippen LogP contribution in [0.1, 0.15) is 30.7 Å². The van der Waals surface area contributed by atoms with E-state index in [0.717, 1.165) is 55.0 Å². The maximum atomic E-state index is 11.7. The minimum Gasteiger partial charge on any atom is -0.314 e. The first-order valence-corrected chi connectivity index (χ1v) is 11.1. The molecular weight excluding hydrogens is 342 g/mol. The van der Waals surface area contributed by atoms with Crippen LogP contribution in [0.4, 0.5) is 0 Å². The molecule has 0 amide bonds. The fourth-order valence-corrected chi connectivity index (χ4v) is 5.13. The lowest BCUT2D eigenvalue weighted by atomic mass is 9.95. The molecule has 2 unspecified atom stereocenters. The first kappa shape index (κ1) is 17.5. The van der Waals surface area contributed by atoms with Crippen molar-refractivity contribution < 1.29 is 8.42 Å². The van der Waals surface area contributed by atoms with E-state index in [2.05, 4.69) is 15.3 Å². The average Bonchev–Trinajstić information content (AvgIpc) is 3.04. The van der Waals surface area contributed by atoms with Gasteiger partial charge in [-0.1, -0.05) is 12.5 Å². The summed E-state index contributed by atoms with van der Waals surface area (Å²) in [6.07, 6.45) is 7.57. The van der Waals surface area contributed by atoms with Gasteiger partial charge >= 0.3 is 0 Å². The third kappa shape index (κ3) is 4.62. The van der Waals surface area contributed by atoms with Crippen LogP contribution in [-0.2, 0) is 16.3 Å². The van der Waals surface area contributed by atoms with Gasteiger partial charge in [-0.2, -0.15) is 0 Å². The molecule has 1 aliphatic rings. The van der Waals surface area contributed by atoms with E-state index in [4.69, 9.17) is 0 Å². The van der Waals surface area contributed by atoms with Crippen LogP contribution in [0.5, 0.6) is 0 Å². The van der Waals surface area contributed by atoms with Crippen molar-refractivity contribution in [3.8, 4) is 11.4 Å². The van der Waals surface area contributed by atoms with Crippen molar-refractivity contribution in [1.82, 2.24) is 15.3 Å². The molecule has 0 aromatic carbocycles. The predicted molar refractivity (Wildman–Crippen MR) is 97.9 cm³/mol. The van der Waals surface area contributed by atoms with Gasteiger partial charge < -0.3 is 5.32 Å². The predicted octanol–water partition coefficient (Wildman–Crippen LogP) is 2.69. The Morgan fingerprint density at radius 3 is 2.92 bits per heavy atom. The van der Waals surface area contributed by atoms with Crippen LogP contribution >= 0.6 is 11.3 Å². The topological polar surface area (TPSA) is 72.0 Å². The maximum absolute atomic E-state index is 11.7. The van der Waals surface area contributed by atoms with Gasteiger partial charge in [-0.25, -0.2) is 13.4 Å². The molecule has 130 valence electrons. The highest BCUT2D eigenvalue weighted by molar-refractivity contribution is 7.91. The van der Waals surface area contributed by atoms with Crippen LogP contribution in [0.25, 0.3) is 11.4 Å². The van der Waals surface area contributed by atoms with E-state index in [0.29, 0.717) is 6.04 Å². The molecule has 1 N–H and O–H groups in total. The van der Waals surface area contributed by atoms with Crippen LogP contribution in [0, 0.1) is 0 Å². The molecule has 24 heavy (non-hydrogen) atoms. The summed E-state index contributed by atoms with van der Waals surface area (Å²) in [6, 6.07) is 6.12. The number of nitrogens with zero attached hydrogens (tertiary/aromatic N) is 2. The van der Waals surface area contributed by atoms with E-state index in [1.807, 2.05) is 23.6 Å². The monoisotopic (exact) mass is 365 g/mol. The molecular formula is C17H23N3O2S2. The van der Waals surface area contributed by atoms with E-state index in [-0.39, 0.29) is 5.25 Å². The highest BCUT2D eigenvalue weighted by atomic mass is 32.2. The van der Waals surface area contributed by atoms with Gasteiger partial charge in [0.1, 0.15) is 9.84 Å². The molecule has 0 radical (unpaired) electrons. The van der Waals surface area contributed by atoms with Crippen molar-refractivity contribution in [3.05, 3.63) is 34.8 Å². The average molecular weight is 366 g/mol. The lowest BCUT2D eigenvalue weighted by molar-refractivity contribution is 0.374. The highest BCUT2D eigenvalue weighted by Gasteiger charge is 2.28. The molecule has 1 aliphatic carbocycles. The largest absolute Gasteiger partial charge is 0.314 e. The first-order chi connectivity index (χ1) is 11.5. The molecule has 2 aromatic rings. The van der Waals surface area contributed by atoms with Crippen LogP contribution in [0.3, 0.4) is 0 Å². The normalized spacial score (nSPS) is 21.7. The maximum Gasteiger partial charge on any atom is 0.150 e. The quantitative estimate of drug-likeness (QED) is 0.852. The molecule has 7 heteroatoms. The Balaban J connectivity index is 1.49. The van der Waals surface area contributed by atoms with Crippen molar-refractivity contribution in [1.29, 1.82) is 0 Å². The Kier molecular flexibility index (Phi) is 5.63. The Morgan fingerprint density at radius 2 is 2.17 bits per heavy atom. The Hall–Kier alpha value is -1.31. The van der Waals surface area contributed by atoms with Crippen LogP contribution in [0.15, 0.2) is 29.8 Å². The number of hydrogen-bond acceptors (Lipinski definition) is 6. The summed E-state index contributed by atoms with van der Waals surface area (Å²) in [4.78, 5) is 8.96. The van der Waals surface area contributed by atoms with E-state index < -0.39 is 9.84 Å². The van der Waals surface area contributed by atoms with E-state index >= 15 is 0 Å². The lowest BCUT2D eigenvalue weighted by Crippen LogP contribution is -2.39. The van der Waals surface area contributed by atoms with E-state index in [9.17, 15) is 8.42 Å². The van der Waals surface area contributed by atoms with Crippen LogP contribution < -0.4 is 5.32 Å². The summed E-state index contributed by atoms with van der Waals surface area (Å²) < 4.78 is 23.4. The SMILES string of the molecule is CS(=O)(=O)C1CCCC(NCCc2nc(-c3ccccn3)cs2)C1. The number of pyridine rings is 1. The minimum atomic E-state index is -2.92. The van der Waals surface area contributed by atoms with E-state index in [1.54, 1.807) is 17.5 Å². The third-order valence-electron chi connectivity index (χ3n) is 4.48. The molecule has 0 saturated heterocycles. The summed E-state index contributed by atoms with van der Waals surface area (Å²) in [7, 11) is -2.92. The van der Waals surface area contributed by atoms with Crippen LogP contribution in [0.2, 0.25) is 0 Å². The van der Waals surface area contributed by atoms with Gasteiger partial charge in [-0.15, -0.1) is 11.3 Å². The Labute approximate surface area is 147 Å². The van der Waals surface area contributed by atoms with Gasteiger partial charge in [-0.3, -0.25) is 4.98 Å². The fraction of sp³-hybridized carbons (Fsp3) is 0.529. The summed E-state index contributed by atoms with van der Waals surface area (Å²) >= 11 is 1.65. The number of nitrogens with one attached hydrogen (secondary N) is 1. The summed E-state index contributed by atoms with van der Waals surface area (Å²) in [6.45, 7) is 0.830. The minimum absolute atomic E-state index is 0.181. The molecule has 0 spiro atoms. The zero-order valence-corrected chi connectivity index (χ0v) is 15.4. The molecule has 2 heterocycles. The Bertz CT molecular complexity index is 759. The lowest BCUT2D eigenvalue weighted by Gasteiger charge is -2.28. The second-order valence-electron chi connectivity index (χ2n) is 6.36. The highest BCUT2D eigenvalue weighted by Crippen LogP contribution is 2.24. The molecule has 3 rings (SSSR count). The molecule has 1 saturated carbocycles. The number of sulfone groups is 1. The summed E-state index contributed by atoms with van der Waals surface area (Å²) in [5, 5.41) is 6.45. The molecule has 2 atom stereocenters. The number of aromatic nitrogens is 2. The van der Waals surface area contributed by atoms with Crippen molar-refractivity contribution in [3.63, 3.8) is 0 Å². The Morgan fingerprint density at radius 1 is 1.29 bits per heavy atom. The first-order valence-electron chi connectivity index (χ1n) is 8.30. The second kappa shape index (κ2) is 7.72. The zero-order chi connectivity index (χ0) is 17.0. The molecule has 0 aliphatic heterocycles. The van der Waals surface area contributed by atoms with Crippen LogP contribution in [-0.4, -0.2) is 42.5 Å². The van der Waals surface area contributed by atoms with Gasteiger partial charge in [-0.05, 0) is 31.4 Å². The fourth-order valence-electron chi connectivity index (χ4n) is 3.16. The molecule has 2 aromatic heterocycles. The number of thiazole rings is 1. The third-order valence-corrected chi connectivity index (χ3v) is 7.03. The zero-order valence-electron chi connectivity index (χ0n) is 13.8. The smallest absolute Gasteiger partial charge is 0.150 e. The molecule has 1 fully saturated rings. The van der Waals surface area contributed by atoms with Gasteiger partial charge in [0.15, 0.2) is 0 Å². The number of rotatable bonds is 6. The molecule has 0 bridgehead atoms. The second-order valence-corrected chi connectivity index (χ2v) is 9.63. The number of hydrogen-bond donors (Lipinski definition) is 1. The molecule has 5 nitrogen and oxygen atoms in total. The van der Waals surface area contributed by atoms with Crippen molar-refractivity contribution in [2.24, 2.45) is 0 Å². The van der Waals surface area contributed by atoms with Crippen molar-refractivity contribution in [2.45, 2.75) is 43.4 Å². The summed E-state index contributed by atoms with van der Waals surface area (Å²) in [5.74, 6) is 0. The standard InChI is InChI=1S/C17H23N3O2S2/c1-24(21,22)14-6-4-5-13(11-14)18-10-8-17-20-16(12-23-17)15-7-2-3-9-19-15/h2-3,7,9,12-14,18H,4-6,8,10-11H2,1H3. The van der Waals surface area contributed by atoms with Crippen molar-refractivity contribution in [2.75, 3.05) is 12.8 Å². The van der Waals surface area contributed by atoms with E-state index in [1.165, 1.54) is 6.26 Å². The van der Waals surface area contributed by atoms with Crippen molar-refractivity contribution >= 4 is 21.2 Å².